The summed E-state index contributed by atoms with van der Waals surface area (Å²) >= 11 is 1.73. The van der Waals surface area contributed by atoms with Gasteiger partial charge in [0.05, 0.1) is 5.69 Å². The van der Waals surface area contributed by atoms with Gasteiger partial charge in [0.1, 0.15) is 0 Å². The van der Waals surface area contributed by atoms with Crippen molar-refractivity contribution in [1.82, 2.24) is 19.7 Å². The molecule has 148 valence electrons. The number of nitrogens with zero attached hydrogens (tertiary/aromatic N) is 4. The van der Waals surface area contributed by atoms with Gasteiger partial charge in [-0.3, -0.25) is 9.55 Å². The van der Waals surface area contributed by atoms with Gasteiger partial charge in [0, 0.05) is 30.3 Å². The fraction of sp³-hybridized carbons (Fsp3) is 0.409. The van der Waals surface area contributed by atoms with Crippen LogP contribution in [0.25, 0.3) is 17.1 Å². The zero-order valence-corrected chi connectivity index (χ0v) is 17.5. The SMILES string of the molecule is CCc1cccc(CC)c1-n1c(SCCCCCO)nnc1-c1cccnc1. The number of aryl methyl sites for hydroxylation is 2. The van der Waals surface area contributed by atoms with Crippen molar-refractivity contribution < 1.29 is 5.11 Å². The Kier molecular flexibility index (Phi) is 7.62. The fourth-order valence-electron chi connectivity index (χ4n) is 3.30. The number of para-hydroxylation sites is 1. The summed E-state index contributed by atoms with van der Waals surface area (Å²) in [6, 6.07) is 10.5. The zero-order valence-electron chi connectivity index (χ0n) is 16.6. The van der Waals surface area contributed by atoms with Crippen molar-refractivity contribution in [3.63, 3.8) is 0 Å². The highest BCUT2D eigenvalue weighted by Crippen LogP contribution is 2.32. The number of hydrogen-bond donors (Lipinski definition) is 1. The van der Waals surface area contributed by atoms with Crippen molar-refractivity contribution in [3.05, 3.63) is 53.9 Å². The number of hydrogen-bond acceptors (Lipinski definition) is 5. The number of thioether (sulfide) groups is 1. The third-order valence-electron chi connectivity index (χ3n) is 4.78. The van der Waals surface area contributed by atoms with Crippen LogP contribution in [0.3, 0.4) is 0 Å². The summed E-state index contributed by atoms with van der Waals surface area (Å²) in [6.45, 7) is 4.64. The molecule has 1 aromatic carbocycles. The maximum Gasteiger partial charge on any atom is 0.196 e. The predicted molar refractivity (Wildman–Crippen MR) is 115 cm³/mol. The van der Waals surface area contributed by atoms with Gasteiger partial charge in [-0.15, -0.1) is 10.2 Å². The monoisotopic (exact) mass is 396 g/mol. The molecule has 0 atom stereocenters. The van der Waals surface area contributed by atoms with Crippen LogP contribution >= 0.6 is 11.8 Å². The molecule has 5 nitrogen and oxygen atoms in total. The summed E-state index contributed by atoms with van der Waals surface area (Å²) in [5.74, 6) is 1.79. The third kappa shape index (κ3) is 4.62. The first-order valence-electron chi connectivity index (χ1n) is 10.0. The number of aliphatic hydroxyl groups is 1. The molecule has 0 spiro atoms. The maximum atomic E-state index is 8.98. The van der Waals surface area contributed by atoms with Gasteiger partial charge < -0.3 is 5.11 Å². The number of aromatic nitrogens is 4. The molecule has 0 aliphatic heterocycles. The smallest absolute Gasteiger partial charge is 0.196 e. The highest BCUT2D eigenvalue weighted by molar-refractivity contribution is 7.99. The van der Waals surface area contributed by atoms with Crippen molar-refractivity contribution in [3.8, 4) is 17.1 Å². The topological polar surface area (TPSA) is 63.8 Å². The van der Waals surface area contributed by atoms with Gasteiger partial charge >= 0.3 is 0 Å². The van der Waals surface area contributed by atoms with Crippen molar-refractivity contribution in [2.45, 2.75) is 51.1 Å². The molecule has 2 heterocycles. The minimum atomic E-state index is 0.260. The second-order valence-electron chi connectivity index (χ2n) is 6.65. The Morgan fingerprint density at radius 1 is 0.964 bits per heavy atom. The van der Waals surface area contributed by atoms with Crippen LogP contribution in [-0.2, 0) is 12.8 Å². The Labute approximate surface area is 171 Å². The average Bonchev–Trinajstić information content (AvgIpc) is 3.16. The lowest BCUT2D eigenvalue weighted by molar-refractivity contribution is 0.284. The lowest BCUT2D eigenvalue weighted by Gasteiger charge is -2.18. The van der Waals surface area contributed by atoms with Crippen LogP contribution in [0.4, 0.5) is 0 Å². The highest BCUT2D eigenvalue weighted by atomic mass is 32.2. The van der Waals surface area contributed by atoms with E-state index in [2.05, 4.69) is 51.8 Å². The molecule has 0 unspecified atom stereocenters. The number of unbranched alkanes of at least 4 members (excludes halogenated alkanes) is 2. The molecule has 28 heavy (non-hydrogen) atoms. The Morgan fingerprint density at radius 2 is 1.75 bits per heavy atom. The van der Waals surface area contributed by atoms with Crippen molar-refractivity contribution >= 4 is 11.8 Å². The van der Waals surface area contributed by atoms with Gasteiger partial charge in [-0.2, -0.15) is 0 Å². The van der Waals surface area contributed by atoms with Gasteiger partial charge in [-0.05, 0) is 48.9 Å². The summed E-state index contributed by atoms with van der Waals surface area (Å²) in [6.07, 6.45) is 8.46. The molecule has 3 aromatic rings. The molecule has 6 heteroatoms. The zero-order chi connectivity index (χ0) is 19.8. The lowest BCUT2D eigenvalue weighted by atomic mass is 10.0. The minimum absolute atomic E-state index is 0.260. The number of benzene rings is 1. The van der Waals surface area contributed by atoms with E-state index in [0.717, 1.165) is 54.4 Å². The molecule has 0 fully saturated rings. The van der Waals surface area contributed by atoms with Crippen LogP contribution in [0.5, 0.6) is 0 Å². The van der Waals surface area contributed by atoms with Crippen LogP contribution < -0.4 is 0 Å². The van der Waals surface area contributed by atoms with Crippen molar-refractivity contribution in [1.29, 1.82) is 0 Å². The number of aliphatic hydroxyl groups excluding tert-OH is 1. The van der Waals surface area contributed by atoms with Crippen molar-refractivity contribution in [2.75, 3.05) is 12.4 Å². The lowest BCUT2D eigenvalue weighted by Crippen LogP contribution is -2.07. The minimum Gasteiger partial charge on any atom is -0.396 e. The molecule has 0 aliphatic carbocycles. The predicted octanol–water partition coefficient (Wildman–Crippen LogP) is 4.71. The van der Waals surface area contributed by atoms with Crippen LogP contribution in [0, 0.1) is 0 Å². The van der Waals surface area contributed by atoms with E-state index in [1.165, 1.54) is 16.8 Å². The van der Waals surface area contributed by atoms with Crippen LogP contribution in [-0.4, -0.2) is 37.2 Å². The molecule has 2 aromatic heterocycles. The molecule has 0 amide bonds. The molecule has 0 saturated carbocycles. The Bertz CT molecular complexity index is 857. The normalized spacial score (nSPS) is 11.1. The van der Waals surface area contributed by atoms with Crippen LogP contribution in [0.15, 0.2) is 47.9 Å². The molecule has 0 aliphatic rings. The molecular formula is C22H28N4OS. The van der Waals surface area contributed by atoms with Gasteiger partial charge in [0.25, 0.3) is 0 Å². The first-order valence-corrected chi connectivity index (χ1v) is 11.0. The second-order valence-corrected chi connectivity index (χ2v) is 7.71. The Morgan fingerprint density at radius 3 is 2.39 bits per heavy atom. The van der Waals surface area contributed by atoms with E-state index < -0.39 is 0 Å². The van der Waals surface area contributed by atoms with Crippen molar-refractivity contribution in [2.24, 2.45) is 0 Å². The molecule has 0 saturated heterocycles. The molecular weight excluding hydrogens is 368 g/mol. The molecule has 3 rings (SSSR count). The quantitative estimate of drug-likeness (QED) is 0.397. The van der Waals surface area contributed by atoms with E-state index in [9.17, 15) is 0 Å². The Hall–Kier alpha value is -2.18. The van der Waals surface area contributed by atoms with Crippen LogP contribution in [0.1, 0.15) is 44.2 Å². The first-order chi connectivity index (χ1) is 13.8. The summed E-state index contributed by atoms with van der Waals surface area (Å²) in [5.41, 5.74) is 4.77. The van der Waals surface area contributed by atoms with E-state index in [-0.39, 0.29) is 6.61 Å². The third-order valence-corrected chi connectivity index (χ3v) is 5.79. The van der Waals surface area contributed by atoms with Gasteiger partial charge in [0.2, 0.25) is 0 Å². The number of rotatable bonds is 10. The summed E-state index contributed by atoms with van der Waals surface area (Å²) in [5, 5.41) is 19.0. The molecule has 0 bridgehead atoms. The molecule has 1 N–H and O–H groups in total. The van der Waals surface area contributed by atoms with Gasteiger partial charge in [0.15, 0.2) is 11.0 Å². The summed E-state index contributed by atoms with van der Waals surface area (Å²) in [7, 11) is 0. The summed E-state index contributed by atoms with van der Waals surface area (Å²) < 4.78 is 2.21. The van der Waals surface area contributed by atoms with E-state index in [0.29, 0.717) is 0 Å². The average molecular weight is 397 g/mol. The van der Waals surface area contributed by atoms with Crippen LogP contribution in [0.2, 0.25) is 0 Å². The van der Waals surface area contributed by atoms with E-state index in [1.807, 2.05) is 18.3 Å². The Balaban J connectivity index is 2.06. The standard InChI is InChI=1S/C22H28N4OS/c1-3-17-10-8-11-18(4-2)20(17)26-21(19-12-9-13-23-16-19)24-25-22(26)28-15-7-5-6-14-27/h8-13,16,27H,3-7,14-15H2,1-2H3. The van der Waals surface area contributed by atoms with E-state index in [1.54, 1.807) is 18.0 Å². The highest BCUT2D eigenvalue weighted by Gasteiger charge is 2.20. The fourth-order valence-corrected chi connectivity index (χ4v) is 4.24. The first kappa shape index (κ1) is 20.6. The molecule has 0 radical (unpaired) electrons. The summed E-state index contributed by atoms with van der Waals surface area (Å²) in [4.78, 5) is 4.27. The van der Waals surface area contributed by atoms with E-state index in [4.69, 9.17) is 5.11 Å². The maximum absolute atomic E-state index is 8.98. The van der Waals surface area contributed by atoms with E-state index >= 15 is 0 Å². The largest absolute Gasteiger partial charge is 0.396 e. The van der Waals surface area contributed by atoms with Gasteiger partial charge in [-0.25, -0.2) is 0 Å². The number of pyridine rings is 1. The second kappa shape index (κ2) is 10.4. The van der Waals surface area contributed by atoms with Gasteiger partial charge in [-0.1, -0.05) is 50.2 Å².